The van der Waals surface area contributed by atoms with Crippen LogP contribution in [0.25, 0.3) is 10.9 Å². The van der Waals surface area contributed by atoms with E-state index in [4.69, 9.17) is 18.0 Å². The van der Waals surface area contributed by atoms with E-state index in [-0.39, 0.29) is 5.91 Å². The fraction of sp³-hybridized carbons (Fsp3) is 0.267. The van der Waals surface area contributed by atoms with Crippen LogP contribution in [0, 0.1) is 0 Å². The number of para-hydroxylation sites is 1. The van der Waals surface area contributed by atoms with Gasteiger partial charge in [0.2, 0.25) is 5.91 Å². The highest BCUT2D eigenvalue weighted by Gasteiger charge is 2.18. The number of nitrogens with two attached hydrogens (primary N) is 1. The predicted molar refractivity (Wildman–Crippen MR) is 87.5 cm³/mol. The van der Waals surface area contributed by atoms with Gasteiger partial charge in [-0.2, -0.15) is 0 Å². The molecule has 5 nitrogen and oxygen atoms in total. The lowest BCUT2D eigenvalue weighted by molar-refractivity contribution is -0.119. The Labute approximate surface area is 128 Å². The summed E-state index contributed by atoms with van der Waals surface area (Å²) in [7, 11) is 0. The van der Waals surface area contributed by atoms with Crippen molar-refractivity contribution in [3.05, 3.63) is 35.9 Å². The minimum Gasteiger partial charge on any atom is -0.389 e. The predicted octanol–water partition coefficient (Wildman–Crippen LogP) is 1.20. The van der Waals surface area contributed by atoms with Gasteiger partial charge in [0.15, 0.2) is 0 Å². The van der Waals surface area contributed by atoms with Crippen LogP contribution in [-0.2, 0) is 4.79 Å². The van der Waals surface area contributed by atoms with Gasteiger partial charge in [-0.25, -0.2) is 4.98 Å². The monoisotopic (exact) mass is 300 g/mol. The summed E-state index contributed by atoms with van der Waals surface area (Å²) in [5.41, 5.74) is 7.48. The van der Waals surface area contributed by atoms with Crippen LogP contribution < -0.4 is 16.0 Å². The Morgan fingerprint density at radius 2 is 2.19 bits per heavy atom. The number of aromatic nitrogens is 1. The largest absolute Gasteiger partial charge is 0.389 e. The number of pyridine rings is 1. The number of carbonyl (C=O) groups excluding carboxylic acids is 1. The molecule has 1 aromatic heterocycles. The first-order valence-corrected chi connectivity index (χ1v) is 7.27. The highest BCUT2D eigenvalue weighted by atomic mass is 32.1. The summed E-state index contributed by atoms with van der Waals surface area (Å²) in [6.07, 6.45) is 0.892. The molecule has 21 heavy (non-hydrogen) atoms. The van der Waals surface area contributed by atoms with Crippen LogP contribution in [0.3, 0.4) is 0 Å². The molecule has 2 aromatic rings. The summed E-state index contributed by atoms with van der Waals surface area (Å²) >= 11 is 5.15. The van der Waals surface area contributed by atoms with Crippen LogP contribution in [0.4, 0.5) is 5.82 Å². The molecule has 0 atom stereocenters. The zero-order valence-electron chi connectivity index (χ0n) is 11.5. The Bertz CT molecular complexity index is 716. The summed E-state index contributed by atoms with van der Waals surface area (Å²) in [4.78, 5) is 18.7. The van der Waals surface area contributed by atoms with Crippen molar-refractivity contribution in [1.29, 1.82) is 0 Å². The van der Waals surface area contributed by atoms with Gasteiger partial charge >= 0.3 is 0 Å². The third-order valence-corrected chi connectivity index (χ3v) is 3.77. The number of benzene rings is 1. The average Bonchev–Trinajstić information content (AvgIpc) is 2.70. The van der Waals surface area contributed by atoms with Crippen LogP contribution in [-0.4, -0.2) is 35.5 Å². The van der Waals surface area contributed by atoms with E-state index in [9.17, 15) is 4.79 Å². The third-order valence-electron chi connectivity index (χ3n) is 3.55. The van der Waals surface area contributed by atoms with Gasteiger partial charge in [-0.05, 0) is 18.6 Å². The first-order chi connectivity index (χ1) is 10.1. The molecule has 0 saturated carbocycles. The number of anilines is 1. The van der Waals surface area contributed by atoms with E-state index in [0.29, 0.717) is 18.1 Å². The molecule has 6 heteroatoms. The molecule has 108 valence electrons. The van der Waals surface area contributed by atoms with E-state index in [0.717, 1.165) is 35.2 Å². The molecule has 1 aliphatic heterocycles. The minimum atomic E-state index is 0.0133. The molecule has 0 spiro atoms. The zero-order valence-corrected chi connectivity index (χ0v) is 12.3. The molecular formula is C15H16N4OS. The molecule has 0 aliphatic carbocycles. The molecule has 1 aliphatic rings. The van der Waals surface area contributed by atoms with Gasteiger partial charge in [0.1, 0.15) is 10.8 Å². The summed E-state index contributed by atoms with van der Waals surface area (Å²) in [6.45, 7) is 1.79. The Morgan fingerprint density at radius 3 is 3.00 bits per heavy atom. The Hall–Kier alpha value is -2.21. The second-order valence-corrected chi connectivity index (χ2v) is 5.47. The zero-order chi connectivity index (χ0) is 14.8. The van der Waals surface area contributed by atoms with Crippen LogP contribution in [0.1, 0.15) is 12.0 Å². The Morgan fingerprint density at radius 1 is 1.38 bits per heavy atom. The van der Waals surface area contributed by atoms with Crippen LogP contribution >= 0.6 is 12.2 Å². The molecule has 0 radical (unpaired) electrons. The SMILES string of the molecule is NC(=S)c1cc(N2CCCNC(=O)C2)nc2ccccc12. The van der Waals surface area contributed by atoms with Crippen LogP contribution in [0.5, 0.6) is 0 Å². The normalized spacial score (nSPS) is 15.6. The lowest BCUT2D eigenvalue weighted by Crippen LogP contribution is -2.33. The maximum Gasteiger partial charge on any atom is 0.239 e. The number of fused-ring (bicyclic) bond motifs is 1. The van der Waals surface area contributed by atoms with Gasteiger partial charge < -0.3 is 16.0 Å². The van der Waals surface area contributed by atoms with E-state index in [1.807, 2.05) is 35.2 Å². The van der Waals surface area contributed by atoms with Crippen molar-refractivity contribution in [3.8, 4) is 0 Å². The first kappa shape index (κ1) is 13.8. The van der Waals surface area contributed by atoms with E-state index >= 15 is 0 Å². The number of nitrogens with one attached hydrogen (secondary N) is 1. The number of rotatable bonds is 2. The highest BCUT2D eigenvalue weighted by molar-refractivity contribution is 7.80. The molecule has 0 bridgehead atoms. The van der Waals surface area contributed by atoms with Gasteiger partial charge in [0.25, 0.3) is 0 Å². The smallest absolute Gasteiger partial charge is 0.239 e. The first-order valence-electron chi connectivity index (χ1n) is 6.86. The van der Waals surface area contributed by atoms with Gasteiger partial charge in [-0.1, -0.05) is 30.4 Å². The molecule has 0 unspecified atom stereocenters. The maximum absolute atomic E-state index is 11.7. The number of nitrogens with zero attached hydrogens (tertiary/aromatic N) is 2. The highest BCUT2D eigenvalue weighted by Crippen LogP contribution is 2.23. The average molecular weight is 300 g/mol. The molecule has 1 fully saturated rings. The van der Waals surface area contributed by atoms with Crippen molar-refractivity contribution in [3.63, 3.8) is 0 Å². The van der Waals surface area contributed by atoms with Crippen LogP contribution in [0.15, 0.2) is 30.3 Å². The molecule has 1 saturated heterocycles. The van der Waals surface area contributed by atoms with Crippen LogP contribution in [0.2, 0.25) is 0 Å². The molecule has 1 aromatic carbocycles. The van der Waals surface area contributed by atoms with Crippen molar-refractivity contribution in [1.82, 2.24) is 10.3 Å². The third kappa shape index (κ3) is 2.80. The number of hydrogen-bond acceptors (Lipinski definition) is 4. The van der Waals surface area contributed by atoms with Crippen molar-refractivity contribution in [2.75, 3.05) is 24.5 Å². The quantitative estimate of drug-likeness (QED) is 0.815. The fourth-order valence-electron chi connectivity index (χ4n) is 2.53. The van der Waals surface area contributed by atoms with Gasteiger partial charge in [-0.15, -0.1) is 0 Å². The van der Waals surface area contributed by atoms with Crippen molar-refractivity contribution in [2.24, 2.45) is 5.73 Å². The van der Waals surface area contributed by atoms with Gasteiger partial charge in [0.05, 0.1) is 12.1 Å². The van der Waals surface area contributed by atoms with Crippen molar-refractivity contribution >= 4 is 39.8 Å². The second-order valence-electron chi connectivity index (χ2n) is 5.03. The van der Waals surface area contributed by atoms with E-state index in [1.54, 1.807) is 0 Å². The summed E-state index contributed by atoms with van der Waals surface area (Å²) < 4.78 is 0. The number of carbonyl (C=O) groups is 1. The van der Waals surface area contributed by atoms with Gasteiger partial charge in [0, 0.05) is 24.0 Å². The summed E-state index contributed by atoms with van der Waals surface area (Å²) in [5.74, 6) is 0.757. The maximum atomic E-state index is 11.7. The van der Waals surface area contributed by atoms with E-state index < -0.39 is 0 Å². The number of hydrogen-bond donors (Lipinski definition) is 2. The summed E-state index contributed by atoms with van der Waals surface area (Å²) in [5, 5.41) is 3.80. The molecule has 3 rings (SSSR count). The molecule has 1 amide bonds. The van der Waals surface area contributed by atoms with E-state index in [1.165, 1.54) is 0 Å². The lowest BCUT2D eigenvalue weighted by atomic mass is 10.1. The van der Waals surface area contributed by atoms with Crippen molar-refractivity contribution < 1.29 is 4.79 Å². The number of amides is 1. The topological polar surface area (TPSA) is 71.2 Å². The second kappa shape index (κ2) is 5.65. The number of thiocarbonyl (C=S) groups is 1. The Kier molecular flexibility index (Phi) is 3.70. The fourth-order valence-corrected chi connectivity index (χ4v) is 2.70. The molecule has 3 N–H and O–H groups in total. The molecular weight excluding hydrogens is 284 g/mol. The minimum absolute atomic E-state index is 0.0133. The van der Waals surface area contributed by atoms with E-state index in [2.05, 4.69) is 10.3 Å². The summed E-state index contributed by atoms with van der Waals surface area (Å²) in [6, 6.07) is 9.62. The molecule has 2 heterocycles. The van der Waals surface area contributed by atoms with Gasteiger partial charge in [-0.3, -0.25) is 4.79 Å². The van der Waals surface area contributed by atoms with Crippen molar-refractivity contribution in [2.45, 2.75) is 6.42 Å². The Balaban J connectivity index is 2.10. The standard InChI is InChI=1S/C15H16N4OS/c16-15(21)11-8-13(18-12-5-2-1-4-10(11)12)19-7-3-6-17-14(20)9-19/h1-2,4-5,8H,3,6-7,9H2,(H2,16,21)(H,17,20). The lowest BCUT2D eigenvalue weighted by Gasteiger charge is -2.21.